The third-order valence-corrected chi connectivity index (χ3v) is 5.49. The first-order chi connectivity index (χ1) is 14.3. The van der Waals surface area contributed by atoms with E-state index in [9.17, 15) is 13.2 Å². The van der Waals surface area contributed by atoms with Crippen molar-refractivity contribution in [3.8, 4) is 11.5 Å². The fourth-order valence-corrected chi connectivity index (χ4v) is 4.09. The minimum atomic E-state index is -4.51. The summed E-state index contributed by atoms with van der Waals surface area (Å²) in [5.41, 5.74) is 2.02. The molecule has 7 heteroatoms. The fourth-order valence-electron chi connectivity index (χ4n) is 4.09. The third kappa shape index (κ3) is 3.14. The van der Waals surface area contributed by atoms with E-state index in [0.717, 1.165) is 11.1 Å². The first-order valence-electron chi connectivity index (χ1n) is 9.37. The van der Waals surface area contributed by atoms with E-state index in [-0.39, 0.29) is 5.22 Å². The molecular formula is C23H21F3N2O2. The molecule has 30 heavy (non-hydrogen) atoms. The van der Waals surface area contributed by atoms with Gasteiger partial charge in [0.1, 0.15) is 17.5 Å². The third-order valence-electron chi connectivity index (χ3n) is 5.49. The SMILES string of the molecule is COc1cc(OC)c(C)c(C2=C3C=c4ccccc4=C(C(F)(F)F)C3N=CN2C)c1. The number of alkyl halides is 3. The fraction of sp³-hybridized carbons (Fsp3) is 0.261. The molecule has 4 rings (SSSR count). The van der Waals surface area contributed by atoms with Gasteiger partial charge in [-0.15, -0.1) is 0 Å². The Balaban J connectivity index is 2.09. The maximum Gasteiger partial charge on any atom is 0.415 e. The van der Waals surface area contributed by atoms with Crippen LogP contribution >= 0.6 is 0 Å². The van der Waals surface area contributed by atoms with Gasteiger partial charge in [0.25, 0.3) is 0 Å². The van der Waals surface area contributed by atoms with Crippen LogP contribution in [0.3, 0.4) is 0 Å². The normalized spacial score (nSPS) is 18.0. The van der Waals surface area contributed by atoms with Gasteiger partial charge in [-0.1, -0.05) is 24.3 Å². The van der Waals surface area contributed by atoms with Gasteiger partial charge in [0, 0.05) is 29.8 Å². The molecule has 0 saturated heterocycles. The number of fused-ring (bicyclic) bond motifs is 2. The largest absolute Gasteiger partial charge is 0.497 e. The number of halogens is 3. The summed E-state index contributed by atoms with van der Waals surface area (Å²) < 4.78 is 53.3. The van der Waals surface area contributed by atoms with Gasteiger partial charge in [-0.3, -0.25) is 4.99 Å². The molecular weight excluding hydrogens is 393 g/mol. The van der Waals surface area contributed by atoms with E-state index in [1.54, 1.807) is 56.5 Å². The molecule has 0 spiro atoms. The summed E-state index contributed by atoms with van der Waals surface area (Å²) in [5.74, 6) is 1.16. The van der Waals surface area contributed by atoms with E-state index in [1.807, 2.05) is 13.0 Å². The van der Waals surface area contributed by atoms with Gasteiger partial charge in [0.2, 0.25) is 0 Å². The zero-order chi connectivity index (χ0) is 21.6. The molecule has 2 aliphatic rings. The monoisotopic (exact) mass is 414 g/mol. The number of hydrogen-bond donors (Lipinski definition) is 0. The molecule has 0 radical (unpaired) electrons. The highest BCUT2D eigenvalue weighted by molar-refractivity contribution is 5.92. The molecule has 1 heterocycles. The predicted molar refractivity (Wildman–Crippen MR) is 111 cm³/mol. The summed E-state index contributed by atoms with van der Waals surface area (Å²) in [5, 5.41) is 0.686. The van der Waals surface area contributed by atoms with E-state index >= 15 is 0 Å². The Morgan fingerprint density at radius 2 is 1.80 bits per heavy atom. The summed E-state index contributed by atoms with van der Waals surface area (Å²) >= 11 is 0. The highest BCUT2D eigenvalue weighted by atomic mass is 19.4. The zero-order valence-corrected chi connectivity index (χ0v) is 17.0. The van der Waals surface area contributed by atoms with Crippen LogP contribution in [0, 0.1) is 6.92 Å². The van der Waals surface area contributed by atoms with Crippen molar-refractivity contribution in [3.63, 3.8) is 0 Å². The first-order valence-corrected chi connectivity index (χ1v) is 9.37. The van der Waals surface area contributed by atoms with Gasteiger partial charge in [0.15, 0.2) is 0 Å². The Morgan fingerprint density at radius 1 is 1.07 bits per heavy atom. The Kier molecular flexibility index (Phi) is 4.84. The van der Waals surface area contributed by atoms with Crippen molar-refractivity contribution in [1.82, 2.24) is 4.90 Å². The molecule has 0 saturated carbocycles. The average Bonchev–Trinajstić information content (AvgIpc) is 2.71. The predicted octanol–water partition coefficient (Wildman–Crippen LogP) is 3.27. The van der Waals surface area contributed by atoms with Crippen molar-refractivity contribution in [2.45, 2.75) is 19.1 Å². The van der Waals surface area contributed by atoms with Gasteiger partial charge < -0.3 is 14.4 Å². The molecule has 0 N–H and O–H groups in total. The second-order valence-electron chi connectivity index (χ2n) is 7.23. The molecule has 0 aromatic heterocycles. The molecule has 4 nitrogen and oxygen atoms in total. The molecule has 1 atom stereocenters. The zero-order valence-electron chi connectivity index (χ0n) is 17.0. The van der Waals surface area contributed by atoms with Crippen molar-refractivity contribution < 1.29 is 22.6 Å². The number of nitrogens with zero attached hydrogens (tertiary/aromatic N) is 2. The lowest BCUT2D eigenvalue weighted by molar-refractivity contribution is -0.0731. The Labute approximate surface area is 172 Å². The van der Waals surface area contributed by atoms with Crippen LogP contribution in [0.4, 0.5) is 13.2 Å². The Hall–Kier alpha value is -3.22. The number of benzene rings is 2. The summed E-state index contributed by atoms with van der Waals surface area (Å²) in [6.45, 7) is 1.88. The van der Waals surface area contributed by atoms with Gasteiger partial charge in [0.05, 0.1) is 31.8 Å². The van der Waals surface area contributed by atoms with Crippen molar-refractivity contribution >= 4 is 23.7 Å². The van der Waals surface area contributed by atoms with E-state index in [0.29, 0.717) is 28.0 Å². The van der Waals surface area contributed by atoms with Crippen molar-refractivity contribution in [2.75, 3.05) is 21.3 Å². The second kappa shape index (κ2) is 7.23. The van der Waals surface area contributed by atoms with E-state index < -0.39 is 17.8 Å². The topological polar surface area (TPSA) is 34.1 Å². The summed E-state index contributed by atoms with van der Waals surface area (Å²) in [7, 11) is 4.87. The lowest BCUT2D eigenvalue weighted by Gasteiger charge is -2.33. The minimum absolute atomic E-state index is 0.166. The molecule has 0 amide bonds. The molecule has 156 valence electrons. The minimum Gasteiger partial charge on any atom is -0.497 e. The van der Waals surface area contributed by atoms with Crippen LogP contribution in [0.5, 0.6) is 11.5 Å². The second-order valence-corrected chi connectivity index (χ2v) is 7.23. The van der Waals surface area contributed by atoms with Gasteiger partial charge in [-0.25, -0.2) is 0 Å². The van der Waals surface area contributed by atoms with Gasteiger partial charge in [-0.2, -0.15) is 13.2 Å². The molecule has 1 unspecified atom stereocenters. The molecule has 2 aromatic carbocycles. The van der Waals surface area contributed by atoms with E-state index in [1.165, 1.54) is 12.4 Å². The molecule has 0 fully saturated rings. The van der Waals surface area contributed by atoms with Crippen LogP contribution in [0.1, 0.15) is 11.1 Å². The van der Waals surface area contributed by atoms with Crippen LogP contribution in [0.25, 0.3) is 17.3 Å². The Bertz CT molecular complexity index is 1200. The smallest absolute Gasteiger partial charge is 0.415 e. The van der Waals surface area contributed by atoms with Crippen molar-refractivity contribution in [3.05, 3.63) is 63.5 Å². The van der Waals surface area contributed by atoms with E-state index in [4.69, 9.17) is 9.47 Å². The van der Waals surface area contributed by atoms with Crippen LogP contribution in [0.2, 0.25) is 0 Å². The average molecular weight is 414 g/mol. The quantitative estimate of drug-likeness (QED) is 0.773. The molecule has 1 aliphatic carbocycles. The number of rotatable bonds is 3. The van der Waals surface area contributed by atoms with Crippen LogP contribution in [-0.2, 0) is 0 Å². The number of methoxy groups -OCH3 is 2. The maximum atomic E-state index is 14.1. The van der Waals surface area contributed by atoms with Gasteiger partial charge >= 0.3 is 6.18 Å². The van der Waals surface area contributed by atoms with Crippen molar-refractivity contribution in [1.29, 1.82) is 0 Å². The van der Waals surface area contributed by atoms with Crippen LogP contribution in [-0.4, -0.2) is 44.7 Å². The number of hydrogen-bond acceptors (Lipinski definition) is 4. The van der Waals surface area contributed by atoms with Crippen LogP contribution < -0.4 is 19.9 Å². The lowest BCUT2D eigenvalue weighted by atomic mass is 9.85. The van der Waals surface area contributed by atoms with Gasteiger partial charge in [-0.05, 0) is 29.5 Å². The first kappa shape index (κ1) is 20.1. The molecule has 0 bridgehead atoms. The molecule has 1 aliphatic heterocycles. The standard InChI is InChI=1S/C23H21F3N2O2/c1-13-17(10-15(29-3)11-19(13)30-4)22-18-9-14-7-5-6-8-16(14)20(23(24,25)26)21(18)27-12-28(22)2/h5-12,21H,1-4H3. The number of aliphatic imine (C=N–C) groups is 1. The summed E-state index contributed by atoms with van der Waals surface area (Å²) in [4.78, 5) is 6.00. The highest BCUT2D eigenvalue weighted by Gasteiger charge is 2.43. The number of ether oxygens (including phenoxy) is 2. The summed E-state index contributed by atoms with van der Waals surface area (Å²) in [6.07, 6.45) is -1.27. The van der Waals surface area contributed by atoms with Crippen LogP contribution in [0.15, 0.2) is 47.0 Å². The maximum absolute atomic E-state index is 14.1. The molecule has 2 aromatic rings. The summed E-state index contributed by atoms with van der Waals surface area (Å²) in [6, 6.07) is 8.98. The highest BCUT2D eigenvalue weighted by Crippen LogP contribution is 2.42. The Morgan fingerprint density at radius 3 is 2.47 bits per heavy atom. The lowest BCUT2D eigenvalue weighted by Crippen LogP contribution is -2.43. The van der Waals surface area contributed by atoms with E-state index in [2.05, 4.69) is 4.99 Å². The van der Waals surface area contributed by atoms with Crippen molar-refractivity contribution in [2.24, 2.45) is 4.99 Å².